The summed E-state index contributed by atoms with van der Waals surface area (Å²) < 4.78 is 0. The highest BCUT2D eigenvalue weighted by molar-refractivity contribution is 5.79. The van der Waals surface area contributed by atoms with Gasteiger partial charge in [-0.2, -0.15) is 0 Å². The number of hydrogen-bond donors (Lipinski definition) is 1. The van der Waals surface area contributed by atoms with Crippen LogP contribution in [0.5, 0.6) is 0 Å². The molecule has 1 N–H and O–H groups in total. The first-order valence-electron chi connectivity index (χ1n) is 8.07. The topological polar surface area (TPSA) is 32.3 Å². The van der Waals surface area contributed by atoms with Gasteiger partial charge in [0.15, 0.2) is 0 Å². The molecule has 2 unspecified atom stereocenters. The minimum Gasteiger partial charge on any atom is -0.349 e. The van der Waals surface area contributed by atoms with Crippen molar-refractivity contribution in [2.75, 3.05) is 20.1 Å². The average Bonchev–Trinajstić information content (AvgIpc) is 2.45. The van der Waals surface area contributed by atoms with Crippen molar-refractivity contribution >= 4 is 5.91 Å². The fourth-order valence-corrected chi connectivity index (χ4v) is 3.29. The van der Waals surface area contributed by atoms with Crippen molar-refractivity contribution in [1.29, 1.82) is 0 Å². The van der Waals surface area contributed by atoms with Crippen LogP contribution in [0.2, 0.25) is 0 Å². The van der Waals surface area contributed by atoms with Crippen LogP contribution >= 0.6 is 0 Å². The average molecular weight is 288 g/mol. The predicted octanol–water partition coefficient (Wildman–Crippen LogP) is 3.21. The van der Waals surface area contributed by atoms with E-state index in [4.69, 9.17) is 0 Å². The summed E-state index contributed by atoms with van der Waals surface area (Å²) in [7, 11) is 2.10. The van der Waals surface area contributed by atoms with Gasteiger partial charge >= 0.3 is 0 Å². The summed E-state index contributed by atoms with van der Waals surface area (Å²) in [4.78, 5) is 14.8. The number of aryl methyl sites for hydroxylation is 2. The second-order valence-electron chi connectivity index (χ2n) is 6.43. The molecule has 1 saturated heterocycles. The fourth-order valence-electron chi connectivity index (χ4n) is 3.29. The Morgan fingerprint density at radius 1 is 1.43 bits per heavy atom. The predicted molar refractivity (Wildman–Crippen MR) is 87.3 cm³/mol. The Kier molecular flexibility index (Phi) is 5.40. The van der Waals surface area contributed by atoms with E-state index in [1.165, 1.54) is 16.7 Å². The molecule has 0 aromatic heterocycles. The van der Waals surface area contributed by atoms with Crippen LogP contribution in [-0.2, 0) is 4.79 Å². The molecule has 0 aliphatic carbocycles. The van der Waals surface area contributed by atoms with Gasteiger partial charge < -0.3 is 10.2 Å². The number of amides is 1. The molecule has 1 aliphatic rings. The lowest BCUT2D eigenvalue weighted by Gasteiger charge is -2.30. The second-order valence-corrected chi connectivity index (χ2v) is 6.43. The summed E-state index contributed by atoms with van der Waals surface area (Å²) >= 11 is 0. The normalized spacial score (nSPS) is 21.0. The first kappa shape index (κ1) is 16.0. The number of piperidine rings is 1. The molecule has 1 fully saturated rings. The molecule has 0 bridgehead atoms. The molecule has 1 aromatic carbocycles. The standard InChI is InChI=1S/C18H28N2O/c1-5-17(16-9-8-13(2)11-14(16)3)19-18(21)15-7-6-10-20(4)12-15/h8-9,11,15,17H,5-7,10,12H2,1-4H3,(H,19,21). The molecular weight excluding hydrogens is 260 g/mol. The van der Waals surface area contributed by atoms with Gasteiger partial charge in [-0.3, -0.25) is 4.79 Å². The van der Waals surface area contributed by atoms with Crippen molar-refractivity contribution in [3.8, 4) is 0 Å². The summed E-state index contributed by atoms with van der Waals surface area (Å²) in [6, 6.07) is 6.61. The van der Waals surface area contributed by atoms with Crippen molar-refractivity contribution in [2.24, 2.45) is 5.92 Å². The number of carbonyl (C=O) groups excluding carboxylic acids is 1. The van der Waals surface area contributed by atoms with E-state index < -0.39 is 0 Å². The minimum absolute atomic E-state index is 0.130. The molecule has 0 saturated carbocycles. The third kappa shape index (κ3) is 4.07. The first-order valence-corrected chi connectivity index (χ1v) is 8.07. The van der Waals surface area contributed by atoms with Crippen LogP contribution in [0.15, 0.2) is 18.2 Å². The Morgan fingerprint density at radius 2 is 2.19 bits per heavy atom. The summed E-state index contributed by atoms with van der Waals surface area (Å²) in [6.07, 6.45) is 3.06. The molecule has 2 atom stereocenters. The molecule has 1 aliphatic heterocycles. The zero-order chi connectivity index (χ0) is 15.4. The van der Waals surface area contributed by atoms with Gasteiger partial charge in [0.2, 0.25) is 5.91 Å². The number of carbonyl (C=O) groups is 1. The Hall–Kier alpha value is -1.35. The number of benzene rings is 1. The van der Waals surface area contributed by atoms with E-state index in [1.807, 2.05) is 0 Å². The summed E-state index contributed by atoms with van der Waals surface area (Å²) in [5.74, 6) is 0.358. The molecule has 2 rings (SSSR count). The van der Waals surface area contributed by atoms with Gasteiger partial charge in [0.1, 0.15) is 0 Å². The maximum atomic E-state index is 12.5. The van der Waals surface area contributed by atoms with E-state index >= 15 is 0 Å². The van der Waals surface area contributed by atoms with Gasteiger partial charge in [0.25, 0.3) is 0 Å². The second kappa shape index (κ2) is 7.08. The molecule has 0 radical (unpaired) electrons. The van der Waals surface area contributed by atoms with E-state index in [0.717, 1.165) is 32.4 Å². The van der Waals surface area contributed by atoms with Gasteiger partial charge in [-0.05, 0) is 57.8 Å². The molecule has 3 heteroatoms. The summed E-state index contributed by atoms with van der Waals surface area (Å²) in [6.45, 7) is 8.37. The lowest BCUT2D eigenvalue weighted by atomic mass is 9.94. The van der Waals surface area contributed by atoms with Gasteiger partial charge in [0, 0.05) is 6.54 Å². The molecule has 116 valence electrons. The third-order valence-electron chi connectivity index (χ3n) is 4.52. The van der Waals surface area contributed by atoms with E-state index in [9.17, 15) is 4.79 Å². The van der Waals surface area contributed by atoms with Gasteiger partial charge in [0.05, 0.1) is 12.0 Å². The van der Waals surface area contributed by atoms with Crippen molar-refractivity contribution in [3.63, 3.8) is 0 Å². The monoisotopic (exact) mass is 288 g/mol. The van der Waals surface area contributed by atoms with E-state index in [0.29, 0.717) is 0 Å². The van der Waals surface area contributed by atoms with Crippen molar-refractivity contribution in [3.05, 3.63) is 34.9 Å². The fraction of sp³-hybridized carbons (Fsp3) is 0.611. The SMILES string of the molecule is CCC(NC(=O)C1CCCN(C)C1)c1ccc(C)cc1C. The van der Waals surface area contributed by atoms with Gasteiger partial charge in [-0.15, -0.1) is 0 Å². The quantitative estimate of drug-likeness (QED) is 0.922. The van der Waals surface area contributed by atoms with E-state index in [-0.39, 0.29) is 17.9 Å². The molecule has 3 nitrogen and oxygen atoms in total. The maximum absolute atomic E-state index is 12.5. The van der Waals surface area contributed by atoms with Crippen molar-refractivity contribution in [2.45, 2.75) is 46.1 Å². The van der Waals surface area contributed by atoms with Crippen molar-refractivity contribution in [1.82, 2.24) is 10.2 Å². The zero-order valence-electron chi connectivity index (χ0n) is 13.8. The summed E-state index contributed by atoms with van der Waals surface area (Å²) in [5, 5.41) is 3.27. The van der Waals surface area contributed by atoms with Crippen LogP contribution in [0.4, 0.5) is 0 Å². The number of likely N-dealkylation sites (tertiary alicyclic amines) is 1. The van der Waals surface area contributed by atoms with Crippen LogP contribution in [0, 0.1) is 19.8 Å². The Morgan fingerprint density at radius 3 is 2.81 bits per heavy atom. The summed E-state index contributed by atoms with van der Waals surface area (Å²) in [5.41, 5.74) is 3.79. The highest BCUT2D eigenvalue weighted by Gasteiger charge is 2.26. The minimum atomic E-state index is 0.130. The number of nitrogens with zero attached hydrogens (tertiary/aromatic N) is 1. The van der Waals surface area contributed by atoms with E-state index in [2.05, 4.69) is 56.2 Å². The lowest BCUT2D eigenvalue weighted by molar-refractivity contribution is -0.127. The van der Waals surface area contributed by atoms with Gasteiger partial charge in [-0.25, -0.2) is 0 Å². The Labute approximate surface area is 128 Å². The van der Waals surface area contributed by atoms with Crippen LogP contribution in [0.1, 0.15) is 48.9 Å². The highest BCUT2D eigenvalue weighted by atomic mass is 16.2. The Bertz CT molecular complexity index is 498. The van der Waals surface area contributed by atoms with Crippen LogP contribution in [-0.4, -0.2) is 30.9 Å². The Balaban J connectivity index is 2.06. The van der Waals surface area contributed by atoms with Crippen molar-refractivity contribution < 1.29 is 4.79 Å². The maximum Gasteiger partial charge on any atom is 0.224 e. The number of hydrogen-bond acceptors (Lipinski definition) is 2. The number of nitrogens with one attached hydrogen (secondary N) is 1. The molecule has 0 spiro atoms. The smallest absolute Gasteiger partial charge is 0.224 e. The first-order chi connectivity index (χ1) is 10.0. The molecule has 21 heavy (non-hydrogen) atoms. The molecule has 1 heterocycles. The molecular formula is C18H28N2O. The van der Waals surface area contributed by atoms with Crippen LogP contribution in [0.25, 0.3) is 0 Å². The lowest BCUT2D eigenvalue weighted by Crippen LogP contribution is -2.42. The van der Waals surface area contributed by atoms with Crippen LogP contribution in [0.3, 0.4) is 0 Å². The molecule has 1 amide bonds. The largest absolute Gasteiger partial charge is 0.349 e. The third-order valence-corrected chi connectivity index (χ3v) is 4.52. The highest BCUT2D eigenvalue weighted by Crippen LogP contribution is 2.23. The molecule has 1 aromatic rings. The van der Waals surface area contributed by atoms with Gasteiger partial charge in [-0.1, -0.05) is 30.7 Å². The van der Waals surface area contributed by atoms with E-state index in [1.54, 1.807) is 0 Å². The number of rotatable bonds is 4. The zero-order valence-corrected chi connectivity index (χ0v) is 13.8. The van der Waals surface area contributed by atoms with Crippen LogP contribution < -0.4 is 5.32 Å².